The lowest BCUT2D eigenvalue weighted by Gasteiger charge is -2.34. The third-order valence-electron chi connectivity index (χ3n) is 4.88. The minimum atomic E-state index is -0.0585. The number of nitrogens with zero attached hydrogens (tertiary/aromatic N) is 2. The van der Waals surface area contributed by atoms with Gasteiger partial charge in [-0.1, -0.05) is 6.92 Å². The average molecular weight is 376 g/mol. The topological polar surface area (TPSA) is 83.1 Å². The van der Waals surface area contributed by atoms with E-state index in [0.717, 1.165) is 32.6 Å². The summed E-state index contributed by atoms with van der Waals surface area (Å²) in [6.07, 6.45) is 0.929. The van der Waals surface area contributed by atoms with E-state index < -0.39 is 0 Å². The van der Waals surface area contributed by atoms with Gasteiger partial charge in [0.05, 0.1) is 13.1 Å². The molecule has 0 aliphatic carbocycles. The molecule has 27 heavy (non-hydrogen) atoms. The highest BCUT2D eigenvalue weighted by Gasteiger charge is 2.21. The number of fused-ring (bicyclic) bond motifs is 1. The zero-order valence-corrected chi connectivity index (χ0v) is 16.0. The van der Waals surface area contributed by atoms with Gasteiger partial charge in [0, 0.05) is 44.0 Å². The predicted octanol–water partition coefficient (Wildman–Crippen LogP) is 0.886. The lowest BCUT2D eigenvalue weighted by molar-refractivity contribution is -0.124. The number of piperazine rings is 1. The van der Waals surface area contributed by atoms with Crippen molar-refractivity contribution in [3.8, 4) is 11.5 Å². The van der Waals surface area contributed by atoms with E-state index in [1.165, 1.54) is 0 Å². The molecule has 1 aromatic rings. The summed E-state index contributed by atoms with van der Waals surface area (Å²) >= 11 is 0. The van der Waals surface area contributed by atoms with Crippen LogP contribution < -0.4 is 20.1 Å². The van der Waals surface area contributed by atoms with Crippen molar-refractivity contribution in [2.45, 2.75) is 26.3 Å². The van der Waals surface area contributed by atoms with Crippen LogP contribution in [0.4, 0.5) is 5.69 Å². The third kappa shape index (κ3) is 5.58. The first-order chi connectivity index (χ1) is 13.0. The van der Waals surface area contributed by atoms with E-state index in [2.05, 4.69) is 27.4 Å². The molecule has 1 saturated heterocycles. The second-order valence-corrected chi connectivity index (χ2v) is 7.05. The fourth-order valence-corrected chi connectivity index (χ4v) is 3.11. The van der Waals surface area contributed by atoms with Crippen molar-refractivity contribution < 1.29 is 19.1 Å². The van der Waals surface area contributed by atoms with Gasteiger partial charge in [0.2, 0.25) is 18.6 Å². The molecule has 1 atom stereocenters. The van der Waals surface area contributed by atoms with Crippen molar-refractivity contribution in [1.82, 2.24) is 15.1 Å². The Hall–Kier alpha value is -2.32. The Labute approximate surface area is 159 Å². The summed E-state index contributed by atoms with van der Waals surface area (Å²) in [4.78, 5) is 28.5. The molecule has 148 valence electrons. The SMILES string of the molecule is CCC(C)NC(=O)CN1CCN(CC(=O)Nc2ccc3c(c2)OCO3)CC1. The Balaban J connectivity index is 1.38. The fraction of sp³-hybridized carbons (Fsp3) is 0.579. The fourth-order valence-electron chi connectivity index (χ4n) is 3.11. The van der Waals surface area contributed by atoms with Crippen molar-refractivity contribution in [2.75, 3.05) is 51.4 Å². The maximum atomic E-state index is 12.3. The lowest BCUT2D eigenvalue weighted by atomic mass is 10.2. The zero-order valence-electron chi connectivity index (χ0n) is 16.0. The van der Waals surface area contributed by atoms with E-state index in [4.69, 9.17) is 9.47 Å². The van der Waals surface area contributed by atoms with Gasteiger partial charge in [-0.3, -0.25) is 19.4 Å². The van der Waals surface area contributed by atoms with E-state index >= 15 is 0 Å². The van der Waals surface area contributed by atoms with Crippen molar-refractivity contribution in [3.05, 3.63) is 18.2 Å². The molecular weight excluding hydrogens is 348 g/mol. The summed E-state index contributed by atoms with van der Waals surface area (Å²) in [5.74, 6) is 1.36. The first kappa shape index (κ1) is 19.4. The number of hydrogen-bond donors (Lipinski definition) is 2. The van der Waals surface area contributed by atoms with Crippen LogP contribution in [0.15, 0.2) is 18.2 Å². The molecular formula is C19H28N4O4. The minimum Gasteiger partial charge on any atom is -0.454 e. The maximum Gasteiger partial charge on any atom is 0.238 e. The number of amides is 2. The molecule has 8 heteroatoms. The molecule has 2 aliphatic rings. The Morgan fingerprint density at radius 2 is 1.67 bits per heavy atom. The molecule has 1 fully saturated rings. The average Bonchev–Trinajstić information content (AvgIpc) is 3.11. The Bertz CT molecular complexity index is 674. The molecule has 0 aromatic heterocycles. The van der Waals surface area contributed by atoms with E-state index in [9.17, 15) is 9.59 Å². The number of nitrogens with one attached hydrogen (secondary N) is 2. The third-order valence-corrected chi connectivity index (χ3v) is 4.88. The molecule has 0 radical (unpaired) electrons. The predicted molar refractivity (Wildman–Crippen MR) is 102 cm³/mol. The molecule has 2 aliphatic heterocycles. The number of ether oxygens (including phenoxy) is 2. The molecule has 2 amide bonds. The van der Waals surface area contributed by atoms with Crippen LogP contribution in [-0.2, 0) is 9.59 Å². The van der Waals surface area contributed by atoms with Crippen LogP contribution in [0.2, 0.25) is 0 Å². The van der Waals surface area contributed by atoms with Crippen molar-refractivity contribution in [1.29, 1.82) is 0 Å². The normalized spacial score (nSPS) is 18.1. The largest absolute Gasteiger partial charge is 0.454 e. The van der Waals surface area contributed by atoms with Gasteiger partial charge in [-0.15, -0.1) is 0 Å². The highest BCUT2D eigenvalue weighted by molar-refractivity contribution is 5.92. The monoisotopic (exact) mass is 376 g/mol. The molecule has 3 rings (SSSR count). The first-order valence-electron chi connectivity index (χ1n) is 9.47. The smallest absolute Gasteiger partial charge is 0.238 e. The van der Waals surface area contributed by atoms with Gasteiger partial charge >= 0.3 is 0 Å². The molecule has 8 nitrogen and oxygen atoms in total. The van der Waals surface area contributed by atoms with Gasteiger partial charge < -0.3 is 20.1 Å². The minimum absolute atomic E-state index is 0.0585. The van der Waals surface area contributed by atoms with Crippen molar-refractivity contribution in [2.24, 2.45) is 0 Å². The van der Waals surface area contributed by atoms with Gasteiger partial charge in [-0.25, -0.2) is 0 Å². The van der Waals surface area contributed by atoms with Crippen LogP contribution in [0.1, 0.15) is 20.3 Å². The summed E-state index contributed by atoms with van der Waals surface area (Å²) in [5.41, 5.74) is 0.699. The Morgan fingerprint density at radius 3 is 2.33 bits per heavy atom. The number of anilines is 1. The number of hydrogen-bond acceptors (Lipinski definition) is 6. The van der Waals surface area contributed by atoms with Gasteiger partial charge in [-0.2, -0.15) is 0 Å². The van der Waals surface area contributed by atoms with E-state index in [1.807, 2.05) is 6.92 Å². The quantitative estimate of drug-likeness (QED) is 0.735. The second kappa shape index (κ2) is 9.05. The second-order valence-electron chi connectivity index (χ2n) is 7.05. The zero-order chi connectivity index (χ0) is 19.2. The van der Waals surface area contributed by atoms with E-state index in [1.54, 1.807) is 18.2 Å². The highest BCUT2D eigenvalue weighted by Crippen LogP contribution is 2.34. The lowest BCUT2D eigenvalue weighted by Crippen LogP contribution is -2.51. The van der Waals surface area contributed by atoms with Gasteiger partial charge in [0.1, 0.15) is 0 Å². The highest BCUT2D eigenvalue weighted by atomic mass is 16.7. The maximum absolute atomic E-state index is 12.3. The number of carbonyl (C=O) groups excluding carboxylic acids is 2. The van der Waals surface area contributed by atoms with E-state index in [0.29, 0.717) is 30.3 Å². The summed E-state index contributed by atoms with van der Waals surface area (Å²) < 4.78 is 10.6. The van der Waals surface area contributed by atoms with E-state index in [-0.39, 0.29) is 24.6 Å². The summed E-state index contributed by atoms with van der Waals surface area (Å²) in [6, 6.07) is 5.58. The van der Waals surface area contributed by atoms with Crippen molar-refractivity contribution >= 4 is 17.5 Å². The first-order valence-corrected chi connectivity index (χ1v) is 9.47. The number of benzene rings is 1. The number of carbonyl (C=O) groups is 2. The number of rotatable bonds is 7. The van der Waals surface area contributed by atoms with Crippen LogP contribution in [0.25, 0.3) is 0 Å². The summed E-state index contributed by atoms with van der Waals surface area (Å²) in [6.45, 7) is 8.13. The van der Waals surface area contributed by atoms with Gasteiger partial charge in [0.25, 0.3) is 0 Å². The standard InChI is InChI=1S/C19H28N4O4/c1-3-14(2)20-18(24)11-22-6-8-23(9-7-22)12-19(25)21-15-4-5-16-17(10-15)27-13-26-16/h4-5,10,14H,3,6-9,11-13H2,1-2H3,(H,20,24)(H,21,25). The Morgan fingerprint density at radius 1 is 1.04 bits per heavy atom. The summed E-state index contributed by atoms with van der Waals surface area (Å²) in [5, 5.41) is 5.88. The molecule has 2 N–H and O–H groups in total. The van der Waals surface area contributed by atoms with Crippen LogP contribution in [0, 0.1) is 0 Å². The van der Waals surface area contributed by atoms with Crippen LogP contribution in [-0.4, -0.2) is 73.7 Å². The van der Waals surface area contributed by atoms with Crippen LogP contribution in [0.3, 0.4) is 0 Å². The van der Waals surface area contributed by atoms with Crippen LogP contribution >= 0.6 is 0 Å². The molecule has 1 aromatic carbocycles. The molecule has 0 spiro atoms. The summed E-state index contributed by atoms with van der Waals surface area (Å²) in [7, 11) is 0. The van der Waals surface area contributed by atoms with Gasteiger partial charge in [-0.05, 0) is 25.5 Å². The molecule has 2 heterocycles. The molecule has 0 bridgehead atoms. The van der Waals surface area contributed by atoms with Gasteiger partial charge in [0.15, 0.2) is 11.5 Å². The molecule has 0 saturated carbocycles. The van der Waals surface area contributed by atoms with Crippen LogP contribution in [0.5, 0.6) is 11.5 Å². The molecule has 1 unspecified atom stereocenters. The Kier molecular flexibility index (Phi) is 6.52. The van der Waals surface area contributed by atoms with Crippen molar-refractivity contribution in [3.63, 3.8) is 0 Å².